The van der Waals surface area contributed by atoms with Crippen LogP contribution in [0, 0.1) is 0 Å². The Morgan fingerprint density at radius 1 is 0.388 bits per heavy atom. The summed E-state index contributed by atoms with van der Waals surface area (Å²) in [7, 11) is -5.11. The predicted octanol–water partition coefficient (Wildman–Crippen LogP) is -0.490. The van der Waals surface area contributed by atoms with Crippen molar-refractivity contribution >= 4 is 22.1 Å². The molecule has 0 rings (SSSR count). The van der Waals surface area contributed by atoms with Gasteiger partial charge in [0.1, 0.15) is 16.7 Å². The molecule has 1 atom stereocenters. The number of carbonyl (C=O) groups excluding carboxylic acids is 2. The van der Waals surface area contributed by atoms with Gasteiger partial charge in [-0.3, -0.25) is 9.59 Å². The average molecular weight is 1010 g/mol. The molecule has 0 aromatic heterocycles. The normalized spacial score (nSPS) is 12.0. The second-order valence-corrected chi connectivity index (χ2v) is 16.0. The molecule has 21 nitrogen and oxygen atoms in total. The summed E-state index contributed by atoms with van der Waals surface area (Å²) in [6.07, 6.45) is 9.89. The van der Waals surface area contributed by atoms with Crippen LogP contribution in [-0.2, 0) is 90.8 Å². The van der Waals surface area contributed by atoms with Gasteiger partial charge in [0.15, 0.2) is 5.25 Å². The number of aliphatic hydroxyl groups is 1. The van der Waals surface area contributed by atoms with E-state index in [1.165, 1.54) is 32.1 Å². The zero-order chi connectivity index (χ0) is 48.1. The largest absolute Gasteiger partial charge is 1.00 e. The number of aliphatic hydroxyl groups excluding tert-OH is 1. The summed E-state index contributed by atoms with van der Waals surface area (Å²) in [5.41, 5.74) is 0. The summed E-state index contributed by atoms with van der Waals surface area (Å²) in [5, 5.41) is 6.45. The molecule has 0 saturated heterocycles. The first kappa shape index (κ1) is 68.4. The van der Waals surface area contributed by atoms with Crippen LogP contribution in [0.5, 0.6) is 0 Å². The van der Waals surface area contributed by atoms with E-state index in [9.17, 15) is 22.6 Å². The zero-order valence-electron chi connectivity index (χ0n) is 40.9. The van der Waals surface area contributed by atoms with E-state index >= 15 is 0 Å². The van der Waals surface area contributed by atoms with Gasteiger partial charge in [-0.1, -0.05) is 64.7 Å². The molecular weight excluding hydrogens is 920 g/mol. The van der Waals surface area contributed by atoms with Gasteiger partial charge in [0.25, 0.3) is 0 Å². The summed E-state index contributed by atoms with van der Waals surface area (Å²) in [6, 6.07) is 0. The van der Waals surface area contributed by atoms with Crippen molar-refractivity contribution < 1.29 is 128 Å². The van der Waals surface area contributed by atoms with Crippen LogP contribution in [0.3, 0.4) is 0 Å². The van der Waals surface area contributed by atoms with Crippen LogP contribution in [0.2, 0.25) is 0 Å². The van der Waals surface area contributed by atoms with Crippen molar-refractivity contribution in [1.29, 1.82) is 0 Å². The minimum absolute atomic E-state index is 0. The second kappa shape index (κ2) is 56.2. The van der Waals surface area contributed by atoms with Gasteiger partial charge in [-0.2, -0.15) is 0 Å². The fourth-order valence-corrected chi connectivity index (χ4v) is 6.03. The van der Waals surface area contributed by atoms with Crippen LogP contribution >= 0.6 is 0 Å². The van der Waals surface area contributed by atoms with E-state index in [0.717, 1.165) is 25.7 Å². The molecule has 0 heterocycles. The van der Waals surface area contributed by atoms with Gasteiger partial charge in [-0.25, -0.2) is 8.42 Å². The van der Waals surface area contributed by atoms with E-state index in [0.29, 0.717) is 158 Å². The van der Waals surface area contributed by atoms with Crippen LogP contribution in [0.25, 0.3) is 0 Å². The van der Waals surface area contributed by atoms with Crippen LogP contribution in [0.4, 0.5) is 0 Å². The molecule has 0 aliphatic carbocycles. The Balaban J connectivity index is 0. The Morgan fingerprint density at radius 3 is 0.910 bits per heavy atom. The van der Waals surface area contributed by atoms with Gasteiger partial charge in [0.2, 0.25) is 0 Å². The molecule has 0 aliphatic heterocycles. The van der Waals surface area contributed by atoms with Crippen LogP contribution < -0.4 is 29.6 Å². The fraction of sp³-hybridized carbons (Fsp3) is 0.955. The first-order chi connectivity index (χ1) is 32.3. The third-order valence-corrected chi connectivity index (χ3v) is 9.95. The molecule has 1 N–H and O–H groups in total. The van der Waals surface area contributed by atoms with Gasteiger partial charge < -0.3 is 80.7 Å². The van der Waals surface area contributed by atoms with Gasteiger partial charge in [0.05, 0.1) is 191 Å². The summed E-state index contributed by atoms with van der Waals surface area (Å²) >= 11 is 0. The van der Waals surface area contributed by atoms with E-state index in [1.54, 1.807) is 0 Å². The Hall–Kier alpha value is -0.710. The molecule has 23 heteroatoms. The predicted molar refractivity (Wildman–Crippen MR) is 240 cm³/mol. The van der Waals surface area contributed by atoms with Gasteiger partial charge in [0, 0.05) is 0 Å². The van der Waals surface area contributed by atoms with Crippen molar-refractivity contribution in [2.45, 2.75) is 82.8 Å². The fourth-order valence-electron chi connectivity index (χ4n) is 5.39. The van der Waals surface area contributed by atoms with E-state index in [2.05, 4.69) is 6.92 Å². The summed E-state index contributed by atoms with van der Waals surface area (Å²) < 4.78 is 115. The van der Waals surface area contributed by atoms with Crippen LogP contribution in [-0.4, -0.2) is 227 Å². The number of unbranched alkanes of at least 4 members (excludes halogenated alkanes) is 9. The Bertz CT molecular complexity index is 1130. The van der Waals surface area contributed by atoms with Gasteiger partial charge in [-0.05, 0) is 6.42 Å². The third kappa shape index (κ3) is 54.5. The Kier molecular flexibility index (Phi) is 57.4. The molecule has 0 spiro atoms. The third-order valence-electron chi connectivity index (χ3n) is 8.90. The number of rotatable bonds is 56. The van der Waals surface area contributed by atoms with Crippen molar-refractivity contribution in [3.05, 3.63) is 0 Å². The van der Waals surface area contributed by atoms with E-state index in [4.69, 9.17) is 76.2 Å². The van der Waals surface area contributed by atoms with E-state index < -0.39 is 33.7 Å². The second-order valence-electron chi connectivity index (χ2n) is 14.4. The maximum Gasteiger partial charge on any atom is 1.00 e. The van der Waals surface area contributed by atoms with Gasteiger partial charge in [-0.15, -0.1) is 0 Å². The molecule has 1 unspecified atom stereocenters. The number of hydrogen-bond acceptors (Lipinski definition) is 21. The quantitative estimate of drug-likeness (QED) is 0.0349. The Labute approximate surface area is 422 Å². The minimum atomic E-state index is -5.11. The van der Waals surface area contributed by atoms with Crippen molar-refractivity contribution in [3.63, 3.8) is 0 Å². The summed E-state index contributed by atoms with van der Waals surface area (Å²) in [4.78, 5) is 24.3. The molecule has 0 aromatic carbocycles. The molecule has 0 aromatic rings. The smallest absolute Gasteiger partial charge is 0.747 e. The zero-order valence-corrected chi connectivity index (χ0v) is 43.7. The topological polar surface area (TPSA) is 250 Å². The standard InChI is InChI=1S/C44H86O21S.Na/c1-2-3-4-5-6-7-8-9-10-11-13-65-44(47)42(66(48,49)50)41-43(46)64-40-39-63-38-37-62-36-35-61-34-33-60-32-31-59-30-29-58-28-27-57-26-25-56-24-23-55-22-21-54-20-19-53-18-17-52-16-15-51-14-12-45;/h42,45H,2-41H2,1H3,(H,48,49,50);/q;+1/p-1. The molecule has 67 heavy (non-hydrogen) atoms. The van der Waals surface area contributed by atoms with Crippen molar-refractivity contribution in [1.82, 2.24) is 0 Å². The van der Waals surface area contributed by atoms with Crippen molar-refractivity contribution in [3.8, 4) is 0 Å². The molecule has 0 aliphatic rings. The number of hydrogen-bond donors (Lipinski definition) is 1. The van der Waals surface area contributed by atoms with E-state index in [-0.39, 0.29) is 69.2 Å². The molecule has 0 bridgehead atoms. The first-order valence-electron chi connectivity index (χ1n) is 23.7. The van der Waals surface area contributed by atoms with Crippen molar-refractivity contribution in [2.24, 2.45) is 0 Å². The molecule has 0 saturated carbocycles. The van der Waals surface area contributed by atoms with Gasteiger partial charge >= 0.3 is 41.5 Å². The molecule has 0 radical (unpaired) electrons. The number of carbonyl (C=O) groups is 2. The molecule has 0 fully saturated rings. The number of ether oxygens (including phenoxy) is 15. The van der Waals surface area contributed by atoms with E-state index in [1.807, 2.05) is 0 Å². The first-order valence-corrected chi connectivity index (χ1v) is 25.2. The molecule has 0 amide bonds. The van der Waals surface area contributed by atoms with Crippen LogP contribution in [0.15, 0.2) is 0 Å². The monoisotopic (exact) mass is 1000 g/mol. The maximum atomic E-state index is 12.2. The number of esters is 2. The molecule has 394 valence electrons. The average Bonchev–Trinajstić information content (AvgIpc) is 3.30. The summed E-state index contributed by atoms with van der Waals surface area (Å²) in [5.74, 6) is -2.25. The SMILES string of the molecule is CCCCCCCCCCCCOC(=O)C(CC(=O)OCCOCCOCCOCCOCCOCCOCCOCCOCCOCCOCCOCCOCCOCCO)S(=O)(=O)[O-].[Na+]. The molecular formula is C44H85NaO21S. The van der Waals surface area contributed by atoms with Crippen molar-refractivity contribution in [2.75, 3.05) is 192 Å². The Morgan fingerprint density at radius 2 is 0.642 bits per heavy atom. The maximum absolute atomic E-state index is 12.2. The van der Waals surface area contributed by atoms with Crippen LogP contribution in [0.1, 0.15) is 77.6 Å². The minimum Gasteiger partial charge on any atom is -0.747 e. The summed E-state index contributed by atoms with van der Waals surface area (Å²) in [6.45, 7) is 12.7.